The molecule has 0 bridgehead atoms. The third-order valence-electron chi connectivity index (χ3n) is 20.1. The van der Waals surface area contributed by atoms with E-state index < -0.39 is 5.60 Å². The van der Waals surface area contributed by atoms with Crippen molar-refractivity contribution in [1.82, 2.24) is 0 Å². The van der Waals surface area contributed by atoms with Crippen molar-refractivity contribution in [3.8, 4) is 66.8 Å². The van der Waals surface area contributed by atoms with Crippen molar-refractivity contribution < 1.29 is 33.5 Å². The Kier molecular flexibility index (Phi) is 22.4. The van der Waals surface area contributed by atoms with Gasteiger partial charge in [0, 0.05) is 66.1 Å². The van der Waals surface area contributed by atoms with Gasteiger partial charge in [0.1, 0.15) is 5.60 Å². The molecular weight excluding hydrogens is 1390 g/mol. The number of hydrogen-bond donors (Lipinski definition) is 1. The van der Waals surface area contributed by atoms with Gasteiger partial charge in [0.2, 0.25) is 0 Å². The number of rotatable bonds is 4. The van der Waals surface area contributed by atoms with Gasteiger partial charge in [-0.15, -0.1) is 0 Å². The second-order valence-corrected chi connectivity index (χ2v) is 28.2. The maximum Gasteiger partial charge on any atom is 1.00 e. The largest absolute Gasteiger partial charge is 1.00 e. The van der Waals surface area contributed by atoms with Crippen molar-refractivity contribution in [2.75, 3.05) is 13.2 Å². The zero-order chi connectivity index (χ0) is 69.9. The maximum atomic E-state index is 12.5. The average molecular weight is 1470 g/mol. The molecule has 0 radical (unpaired) electrons. The first-order valence-electron chi connectivity index (χ1n) is 34.8. The molecule has 1 aliphatic heterocycles. The van der Waals surface area contributed by atoms with Gasteiger partial charge in [0.05, 0.1) is 5.41 Å². The van der Waals surface area contributed by atoms with Gasteiger partial charge in [-0.3, -0.25) is 4.79 Å². The standard InChI is InChI=1S/C29H19ClO.C29H17Cl.C17H9ClO.C12H9Br.C4H8O.C4H9.CH4.Li/c30-21-15-16-24-27(18-21)29(31,26-17-14-20-10-4-5-12-23(20)28(24)26)25-13-7-6-11-22(25)19-8-2-1-3-9-19;30-19-14-15-23-27(17-19)29(26-16-13-18-7-1-2-8-20(18)28(23)26)24-11-5-3-9-21(24)22-10-4-6-12-25(22)29;18-11-6-8-13-15(9-11)17(19)14-7-5-10-3-1-2-4-12(10)16(13)14;13-12-9-5-4-8-11(12)10-6-2-1-3-7-10;1-2-4-5-3-1;1-3-4-2;;/h1-18,31H;1-17H;1-9H;1-9H;1-4H2;1,3-4H2,2H3;1H4;/q;;;;;-1;;+1. The first-order chi connectivity index (χ1) is 50.0. The molecule has 5 aliphatic rings. The summed E-state index contributed by atoms with van der Waals surface area (Å²) in [6.45, 7) is 7.72. The predicted molar refractivity (Wildman–Crippen MR) is 438 cm³/mol. The molecule has 1 atom stereocenters. The van der Waals surface area contributed by atoms with Gasteiger partial charge >= 0.3 is 18.9 Å². The number of benzene rings is 15. The predicted octanol–water partition coefficient (Wildman–Crippen LogP) is 24.1. The number of ether oxygens (including phenoxy) is 1. The number of aliphatic hydroxyl groups is 1. The Hall–Kier alpha value is -9.38. The van der Waals surface area contributed by atoms with E-state index in [1.165, 1.54) is 85.7 Å². The van der Waals surface area contributed by atoms with Crippen molar-refractivity contribution in [3.63, 3.8) is 0 Å². The molecule has 1 saturated heterocycles. The van der Waals surface area contributed by atoms with Crippen LogP contribution >= 0.6 is 50.7 Å². The van der Waals surface area contributed by atoms with Crippen molar-refractivity contribution >= 4 is 88.8 Å². The molecule has 3 nitrogen and oxygen atoms in total. The van der Waals surface area contributed by atoms with E-state index in [0.29, 0.717) is 15.6 Å². The Bertz CT molecular complexity index is 5600. The van der Waals surface area contributed by atoms with Crippen molar-refractivity contribution in [1.29, 1.82) is 0 Å². The second-order valence-electron chi connectivity index (χ2n) is 26.0. The monoisotopic (exact) mass is 1470 g/mol. The quantitative estimate of drug-likeness (QED) is 0.141. The van der Waals surface area contributed by atoms with Crippen LogP contribution in [0.5, 0.6) is 0 Å². The Morgan fingerprint density at radius 2 is 0.769 bits per heavy atom. The summed E-state index contributed by atoms with van der Waals surface area (Å²) < 4.78 is 6.08. The van der Waals surface area contributed by atoms with E-state index in [-0.39, 0.29) is 37.5 Å². The van der Waals surface area contributed by atoms with Crippen molar-refractivity contribution in [2.45, 2.75) is 51.0 Å². The Balaban J connectivity index is 0.000000122. The molecule has 104 heavy (non-hydrogen) atoms. The van der Waals surface area contributed by atoms with Gasteiger partial charge in [-0.1, -0.05) is 344 Å². The number of halogens is 4. The molecule has 15 aromatic rings. The van der Waals surface area contributed by atoms with E-state index in [1.807, 2.05) is 127 Å². The molecule has 1 N–H and O–H groups in total. The van der Waals surface area contributed by atoms with E-state index in [9.17, 15) is 9.90 Å². The molecule has 4 aliphatic carbocycles. The number of ketones is 1. The number of carbonyl (C=O) groups excluding carboxylic acids is 1. The summed E-state index contributed by atoms with van der Waals surface area (Å²) in [5.74, 6) is 0.0678. The molecule has 0 saturated carbocycles. The zero-order valence-corrected chi connectivity index (χ0v) is 61.2. The van der Waals surface area contributed by atoms with Crippen LogP contribution in [0.2, 0.25) is 15.1 Å². The number of hydrogen-bond acceptors (Lipinski definition) is 3. The van der Waals surface area contributed by atoms with E-state index >= 15 is 0 Å². The van der Waals surface area contributed by atoms with Crippen LogP contribution in [0.4, 0.5) is 0 Å². The van der Waals surface area contributed by atoms with Crippen LogP contribution in [0.25, 0.3) is 99.1 Å². The average Bonchev–Trinajstić information content (AvgIpc) is 1.51. The third-order valence-corrected chi connectivity index (χ3v) is 21.5. The zero-order valence-electron chi connectivity index (χ0n) is 57.3. The normalized spacial score (nSPS) is 14.2. The van der Waals surface area contributed by atoms with Gasteiger partial charge in [-0.25, -0.2) is 0 Å². The topological polar surface area (TPSA) is 46.5 Å². The summed E-state index contributed by atoms with van der Waals surface area (Å²) in [6.07, 6.45) is 4.83. The summed E-state index contributed by atoms with van der Waals surface area (Å²) in [4.78, 5) is 12.4. The van der Waals surface area contributed by atoms with E-state index in [2.05, 4.69) is 218 Å². The third kappa shape index (κ3) is 13.3. The van der Waals surface area contributed by atoms with Crippen LogP contribution in [0, 0.1) is 6.92 Å². The Labute approximate surface area is 646 Å². The van der Waals surface area contributed by atoms with Crippen LogP contribution in [-0.4, -0.2) is 24.1 Å². The summed E-state index contributed by atoms with van der Waals surface area (Å²) >= 11 is 22.6. The van der Waals surface area contributed by atoms with Gasteiger partial charge < -0.3 is 16.8 Å². The Morgan fingerprint density at radius 1 is 0.375 bits per heavy atom. The number of carbonyl (C=O) groups is 1. The van der Waals surface area contributed by atoms with Gasteiger partial charge in [-0.2, -0.15) is 6.42 Å². The van der Waals surface area contributed by atoms with E-state index in [1.54, 1.807) is 6.07 Å². The minimum atomic E-state index is -1.30. The molecule has 506 valence electrons. The smallest absolute Gasteiger partial charge is 0.381 e. The van der Waals surface area contributed by atoms with Crippen LogP contribution in [0.15, 0.2) is 326 Å². The molecule has 1 unspecified atom stereocenters. The van der Waals surface area contributed by atoms with Gasteiger partial charge in [0.15, 0.2) is 5.78 Å². The minimum absolute atomic E-state index is 0. The molecule has 1 fully saturated rings. The van der Waals surface area contributed by atoms with Crippen molar-refractivity contribution in [3.05, 3.63) is 398 Å². The molecule has 0 amide bonds. The van der Waals surface area contributed by atoms with Crippen LogP contribution in [0.3, 0.4) is 0 Å². The molecule has 8 heteroatoms. The van der Waals surface area contributed by atoms with Crippen molar-refractivity contribution in [2.24, 2.45) is 0 Å². The molecule has 15 aromatic carbocycles. The molecule has 0 aromatic heterocycles. The van der Waals surface area contributed by atoms with Gasteiger partial charge in [0.25, 0.3) is 0 Å². The van der Waals surface area contributed by atoms with Crippen LogP contribution in [-0.2, 0) is 15.8 Å². The molecule has 1 heterocycles. The fourth-order valence-corrected chi connectivity index (χ4v) is 16.6. The van der Waals surface area contributed by atoms with Gasteiger partial charge in [-0.05, 0) is 177 Å². The second kappa shape index (κ2) is 31.9. The summed E-state index contributed by atoms with van der Waals surface area (Å²) in [5, 5.41) is 21.7. The summed E-state index contributed by atoms with van der Waals surface area (Å²) in [7, 11) is 0. The molecule has 1 spiro atoms. The minimum Gasteiger partial charge on any atom is -0.381 e. The molecular formula is C96H75BrCl3LiO3. The van der Waals surface area contributed by atoms with E-state index in [0.717, 1.165) is 106 Å². The molecule has 20 rings (SSSR count). The van der Waals surface area contributed by atoms with Crippen LogP contribution < -0.4 is 18.9 Å². The number of fused-ring (bicyclic) bond motifs is 22. The first kappa shape index (κ1) is 73.0. The first-order valence-corrected chi connectivity index (χ1v) is 36.7. The Morgan fingerprint density at radius 3 is 1.30 bits per heavy atom. The summed E-state index contributed by atoms with van der Waals surface area (Å²) in [6, 6.07) is 110. The number of unbranched alkanes of at least 4 members (excludes halogenated alkanes) is 1. The van der Waals surface area contributed by atoms with E-state index in [4.69, 9.17) is 39.5 Å². The van der Waals surface area contributed by atoms with Crippen LogP contribution in [0.1, 0.15) is 94.9 Å². The fourth-order valence-electron chi connectivity index (χ4n) is 15.5. The fraction of sp³-hybridized carbons (Fsp3) is 0.104. The summed E-state index contributed by atoms with van der Waals surface area (Å²) in [5.41, 5.74) is 21.8. The SMILES string of the molecule is Brc1ccccc1-c1ccccc1.C.C1CCOC1.Clc1ccc2c(c1)C1(c3ccccc3-c3ccccc31)c1ccc3ccccc3c1-2.O=C1c2cc(Cl)ccc2-c2c1ccc1ccccc21.OC1(c2ccccc2-c2ccccc2)c2cc(Cl)ccc2-c2c1ccc1ccccc21.[CH2-]CCC.[Li+]. The maximum absolute atomic E-state index is 12.5.